The quantitative estimate of drug-likeness (QED) is 0.595. The molecule has 0 rings (SSSR count). The second kappa shape index (κ2) is 6.12. The largest absolute Gasteiger partial charge is 0.550 e. The molecule has 0 aliphatic heterocycles. The van der Waals surface area contributed by atoms with Crippen LogP contribution in [-0.2, 0) is 14.4 Å². The van der Waals surface area contributed by atoms with Gasteiger partial charge in [0, 0.05) is 31.8 Å². The van der Waals surface area contributed by atoms with E-state index in [4.69, 9.17) is 0 Å². The highest BCUT2D eigenvalue weighted by Crippen LogP contribution is 2.02. The number of carbonyl (C=O) groups excluding carboxylic acids is 3. The number of Topliss-reactive ketones (excluding diaryl/α,β-unsaturated/α-hetero) is 1. The van der Waals surface area contributed by atoms with Crippen molar-refractivity contribution in [2.24, 2.45) is 0 Å². The van der Waals surface area contributed by atoms with Crippen molar-refractivity contribution in [3.8, 4) is 0 Å². The average Bonchev–Trinajstić information content (AvgIpc) is 1.97. The number of carboxylic acids is 1. The Kier molecular flexibility index (Phi) is 5.52. The summed E-state index contributed by atoms with van der Waals surface area (Å²) in [4.78, 5) is 31.6. The van der Waals surface area contributed by atoms with Crippen LogP contribution in [0.4, 0.5) is 0 Å². The van der Waals surface area contributed by atoms with Gasteiger partial charge in [-0.25, -0.2) is 0 Å². The van der Waals surface area contributed by atoms with E-state index >= 15 is 0 Å². The summed E-state index contributed by atoms with van der Waals surface area (Å²) in [6.07, 6.45) is 0.341. The van der Waals surface area contributed by atoms with Crippen LogP contribution < -0.4 is 10.4 Å². The maximum Gasteiger partial charge on any atom is 0.217 e. The zero-order chi connectivity index (χ0) is 11.1. The van der Waals surface area contributed by atoms with Gasteiger partial charge >= 0.3 is 0 Å². The van der Waals surface area contributed by atoms with E-state index < -0.39 is 12.0 Å². The molecule has 80 valence electrons. The molecule has 5 heteroatoms. The van der Waals surface area contributed by atoms with Gasteiger partial charge < -0.3 is 20.0 Å². The number of nitrogens with one attached hydrogen (secondary N) is 1. The van der Waals surface area contributed by atoms with E-state index in [1.165, 1.54) is 13.8 Å². The lowest BCUT2D eigenvalue weighted by Crippen LogP contribution is -2.38. The van der Waals surface area contributed by atoms with Crippen LogP contribution in [-0.4, -0.2) is 23.7 Å². The molecule has 14 heavy (non-hydrogen) atoms. The molecular formula is C9H14NO4-. The van der Waals surface area contributed by atoms with Gasteiger partial charge in [0.1, 0.15) is 5.78 Å². The molecule has 0 aliphatic rings. The topological polar surface area (TPSA) is 86.3 Å². The first-order valence-electron chi connectivity index (χ1n) is 4.38. The lowest BCUT2D eigenvalue weighted by atomic mass is 10.1. The highest BCUT2D eigenvalue weighted by Gasteiger charge is 2.10. The van der Waals surface area contributed by atoms with Crippen molar-refractivity contribution in [3.05, 3.63) is 0 Å². The van der Waals surface area contributed by atoms with Crippen LogP contribution in [0.25, 0.3) is 0 Å². The summed E-state index contributed by atoms with van der Waals surface area (Å²) in [5.74, 6) is -1.56. The van der Waals surface area contributed by atoms with Gasteiger partial charge in [-0.3, -0.25) is 4.79 Å². The molecule has 0 saturated carbocycles. The van der Waals surface area contributed by atoms with E-state index in [0.29, 0.717) is 6.42 Å². The van der Waals surface area contributed by atoms with Crippen LogP contribution in [0.3, 0.4) is 0 Å². The molecule has 0 aromatic rings. The van der Waals surface area contributed by atoms with Gasteiger partial charge in [0.2, 0.25) is 5.91 Å². The lowest BCUT2D eigenvalue weighted by molar-refractivity contribution is -0.306. The Morgan fingerprint density at radius 1 is 1.29 bits per heavy atom. The van der Waals surface area contributed by atoms with Crippen LogP contribution in [0.15, 0.2) is 0 Å². The number of carbonyl (C=O) groups is 3. The molecule has 0 fully saturated rings. The van der Waals surface area contributed by atoms with E-state index in [1.54, 1.807) is 0 Å². The zero-order valence-corrected chi connectivity index (χ0v) is 8.33. The Bertz CT molecular complexity index is 221. The first kappa shape index (κ1) is 12.6. The third-order valence-corrected chi connectivity index (χ3v) is 1.67. The molecule has 0 aliphatic carbocycles. The second-order valence-electron chi connectivity index (χ2n) is 3.21. The molecular weight excluding hydrogens is 186 g/mol. The number of ketones is 1. The first-order valence-corrected chi connectivity index (χ1v) is 4.38. The second-order valence-corrected chi connectivity index (χ2v) is 3.21. The van der Waals surface area contributed by atoms with Gasteiger partial charge in [-0.05, 0) is 13.3 Å². The van der Waals surface area contributed by atoms with Crippen molar-refractivity contribution in [2.75, 3.05) is 0 Å². The molecule has 1 N–H and O–H groups in total. The van der Waals surface area contributed by atoms with Gasteiger partial charge in [-0.15, -0.1) is 0 Å². The monoisotopic (exact) mass is 200 g/mol. The first-order chi connectivity index (χ1) is 6.41. The standard InChI is InChI=1S/C9H15NO4/c1-6(11)3-4-8(5-9(13)14)10-7(2)12/h8H,3-5H2,1-2H3,(H,10,12)(H,13,14)/p-1. The number of rotatable bonds is 6. The molecule has 0 heterocycles. The molecule has 0 bridgehead atoms. The van der Waals surface area contributed by atoms with E-state index in [2.05, 4.69) is 5.32 Å². The normalized spacial score (nSPS) is 11.9. The smallest absolute Gasteiger partial charge is 0.217 e. The average molecular weight is 200 g/mol. The summed E-state index contributed by atoms with van der Waals surface area (Å²) in [6.45, 7) is 2.72. The van der Waals surface area contributed by atoms with Crippen molar-refractivity contribution in [1.29, 1.82) is 0 Å². The predicted octanol–water partition coefficient (Wildman–Crippen LogP) is -1.000. The Morgan fingerprint density at radius 3 is 2.21 bits per heavy atom. The lowest BCUT2D eigenvalue weighted by Gasteiger charge is -2.17. The molecule has 1 unspecified atom stereocenters. The van der Waals surface area contributed by atoms with Crippen molar-refractivity contribution >= 4 is 17.7 Å². The summed E-state index contributed by atoms with van der Waals surface area (Å²) in [7, 11) is 0. The molecule has 1 amide bonds. The Morgan fingerprint density at radius 2 is 1.86 bits per heavy atom. The fourth-order valence-electron chi connectivity index (χ4n) is 1.09. The number of hydrogen-bond donors (Lipinski definition) is 1. The van der Waals surface area contributed by atoms with Gasteiger partial charge in [0.15, 0.2) is 0 Å². The van der Waals surface area contributed by atoms with E-state index in [1.807, 2.05) is 0 Å². The number of hydrogen-bond acceptors (Lipinski definition) is 4. The van der Waals surface area contributed by atoms with E-state index in [9.17, 15) is 19.5 Å². The fraction of sp³-hybridized carbons (Fsp3) is 0.667. The Hall–Kier alpha value is -1.39. The molecule has 5 nitrogen and oxygen atoms in total. The van der Waals surface area contributed by atoms with Gasteiger partial charge in [-0.2, -0.15) is 0 Å². The highest BCUT2D eigenvalue weighted by atomic mass is 16.4. The summed E-state index contributed by atoms with van der Waals surface area (Å²) in [5, 5.41) is 12.7. The molecule has 0 aromatic heterocycles. The zero-order valence-electron chi connectivity index (χ0n) is 8.33. The van der Waals surface area contributed by atoms with Crippen LogP contribution in [0, 0.1) is 0 Å². The molecule has 0 saturated heterocycles. The van der Waals surface area contributed by atoms with Crippen molar-refractivity contribution < 1.29 is 19.5 Å². The van der Waals surface area contributed by atoms with Gasteiger partial charge in [0.05, 0.1) is 0 Å². The van der Waals surface area contributed by atoms with Crippen molar-refractivity contribution in [3.63, 3.8) is 0 Å². The summed E-state index contributed by atoms with van der Waals surface area (Å²) < 4.78 is 0. The number of carboxylic acid groups (broad SMARTS) is 1. The highest BCUT2D eigenvalue weighted by molar-refractivity contribution is 5.76. The van der Waals surface area contributed by atoms with E-state index in [0.717, 1.165) is 0 Å². The summed E-state index contributed by atoms with van der Waals surface area (Å²) in [6, 6.07) is -0.513. The van der Waals surface area contributed by atoms with Crippen molar-refractivity contribution in [1.82, 2.24) is 5.32 Å². The molecule has 0 spiro atoms. The summed E-state index contributed by atoms with van der Waals surface area (Å²) >= 11 is 0. The van der Waals surface area contributed by atoms with Crippen LogP contribution in [0.5, 0.6) is 0 Å². The minimum atomic E-state index is -1.23. The third-order valence-electron chi connectivity index (χ3n) is 1.67. The molecule has 0 radical (unpaired) electrons. The molecule has 0 aromatic carbocycles. The predicted molar refractivity (Wildman–Crippen MR) is 47.1 cm³/mol. The molecule has 1 atom stereocenters. The minimum Gasteiger partial charge on any atom is -0.550 e. The maximum atomic E-state index is 10.7. The van der Waals surface area contributed by atoms with E-state index in [-0.39, 0.29) is 24.5 Å². The Labute approximate surface area is 82.5 Å². The third kappa shape index (κ3) is 7.27. The number of aliphatic carboxylic acids is 1. The SMILES string of the molecule is CC(=O)CCC(CC(=O)[O-])NC(C)=O. The van der Waals surface area contributed by atoms with Gasteiger partial charge in [0.25, 0.3) is 0 Å². The van der Waals surface area contributed by atoms with Crippen LogP contribution in [0.1, 0.15) is 33.1 Å². The maximum absolute atomic E-state index is 10.7. The van der Waals surface area contributed by atoms with Gasteiger partial charge in [-0.1, -0.05) is 0 Å². The number of amides is 1. The van der Waals surface area contributed by atoms with Crippen molar-refractivity contribution in [2.45, 2.75) is 39.2 Å². The van der Waals surface area contributed by atoms with Crippen LogP contribution >= 0.6 is 0 Å². The fourth-order valence-corrected chi connectivity index (χ4v) is 1.09. The summed E-state index contributed by atoms with van der Waals surface area (Å²) in [5.41, 5.74) is 0. The minimum absolute atomic E-state index is 0.0290. The van der Waals surface area contributed by atoms with Crippen LogP contribution in [0.2, 0.25) is 0 Å². The Balaban J connectivity index is 4.03.